The maximum Gasteiger partial charge on any atom is 0.330 e. The second-order valence-corrected chi connectivity index (χ2v) is 9.87. The number of ketones is 2. The highest BCUT2D eigenvalue weighted by Gasteiger charge is 2.60. The number of rotatable bonds is 4. The van der Waals surface area contributed by atoms with Crippen molar-refractivity contribution in [3.05, 3.63) is 76.1 Å². The molecule has 0 spiro atoms. The summed E-state index contributed by atoms with van der Waals surface area (Å²) in [5, 5.41) is 44.0. The smallest absolute Gasteiger partial charge is 0.330 e. The van der Waals surface area contributed by atoms with Crippen molar-refractivity contribution in [2.75, 3.05) is 7.11 Å². The monoisotopic (exact) mass is 531 g/mol. The molecule has 2 aromatic carbocycles. The van der Waals surface area contributed by atoms with Crippen LogP contribution in [0.1, 0.15) is 29.5 Å². The third-order valence-corrected chi connectivity index (χ3v) is 7.76. The molecule has 0 radical (unpaired) electrons. The summed E-state index contributed by atoms with van der Waals surface area (Å²) in [5.41, 5.74) is 4.21. The van der Waals surface area contributed by atoms with Gasteiger partial charge in [-0.3, -0.25) is 14.4 Å². The highest BCUT2D eigenvalue weighted by molar-refractivity contribution is 6.22. The minimum Gasteiger partial charge on any atom is -0.508 e. The van der Waals surface area contributed by atoms with Gasteiger partial charge in [-0.15, -0.1) is 0 Å². The number of carbonyl (C=O) groups excluding carboxylic acids is 4. The third kappa shape index (κ3) is 3.91. The minimum absolute atomic E-state index is 0.00939. The lowest BCUT2D eigenvalue weighted by Gasteiger charge is -2.46. The molecule has 3 aliphatic rings. The topological polar surface area (TPSA) is 184 Å². The van der Waals surface area contributed by atoms with Crippen LogP contribution in [0.4, 0.5) is 0 Å². The Kier molecular flexibility index (Phi) is 6.15. The molecule has 3 unspecified atom stereocenters. The number of ether oxygens (including phenoxy) is 1. The van der Waals surface area contributed by atoms with Crippen LogP contribution in [-0.4, -0.2) is 56.6 Å². The van der Waals surface area contributed by atoms with Gasteiger partial charge in [0.15, 0.2) is 11.4 Å². The lowest BCUT2D eigenvalue weighted by Crippen LogP contribution is -2.58. The lowest BCUT2D eigenvalue weighted by atomic mass is 9.59. The zero-order valence-corrected chi connectivity index (χ0v) is 20.8. The molecule has 3 atom stereocenters. The second kappa shape index (κ2) is 9.25. The molecular weight excluding hydrogens is 506 g/mol. The van der Waals surface area contributed by atoms with E-state index in [2.05, 4.69) is 4.74 Å². The fraction of sp³-hybridized carbons (Fsp3) is 0.241. The summed E-state index contributed by atoms with van der Waals surface area (Å²) < 4.78 is 4.63. The van der Waals surface area contributed by atoms with E-state index in [1.807, 2.05) is 6.07 Å². The van der Waals surface area contributed by atoms with Crippen LogP contribution in [0.15, 0.2) is 59.4 Å². The first kappa shape index (κ1) is 25.9. The number of aliphatic hydroxyl groups is 3. The van der Waals surface area contributed by atoms with Crippen molar-refractivity contribution in [1.29, 1.82) is 0 Å². The molecule has 1 amide bonds. The quantitative estimate of drug-likeness (QED) is 0.224. The van der Waals surface area contributed by atoms with E-state index in [1.54, 1.807) is 30.3 Å². The van der Waals surface area contributed by atoms with Gasteiger partial charge in [-0.1, -0.05) is 24.3 Å². The van der Waals surface area contributed by atoms with Gasteiger partial charge in [0.25, 0.3) is 5.91 Å². The van der Waals surface area contributed by atoms with Crippen LogP contribution in [0.3, 0.4) is 0 Å². The first-order valence-corrected chi connectivity index (χ1v) is 12.2. The van der Waals surface area contributed by atoms with Crippen molar-refractivity contribution >= 4 is 35.3 Å². The van der Waals surface area contributed by atoms with Crippen molar-refractivity contribution in [1.82, 2.24) is 0 Å². The van der Waals surface area contributed by atoms with E-state index in [0.717, 1.165) is 0 Å². The third-order valence-electron chi connectivity index (χ3n) is 7.76. The van der Waals surface area contributed by atoms with Crippen molar-refractivity contribution in [3.8, 4) is 16.9 Å². The molecule has 1 fully saturated rings. The van der Waals surface area contributed by atoms with Crippen molar-refractivity contribution in [2.24, 2.45) is 17.6 Å². The maximum atomic E-state index is 13.6. The number of phenols is 1. The Hall–Kier alpha value is -4.70. The summed E-state index contributed by atoms with van der Waals surface area (Å²) in [6.07, 6.45) is 2.70. The van der Waals surface area contributed by atoms with Crippen molar-refractivity contribution in [3.63, 3.8) is 0 Å². The van der Waals surface area contributed by atoms with Crippen LogP contribution in [0, 0.1) is 11.8 Å². The van der Waals surface area contributed by atoms with Crippen LogP contribution in [-0.2, 0) is 30.3 Å². The number of hydrogen-bond donors (Lipinski definition) is 5. The molecule has 0 aliphatic heterocycles. The molecule has 200 valence electrons. The Morgan fingerprint density at radius 2 is 1.85 bits per heavy atom. The summed E-state index contributed by atoms with van der Waals surface area (Å²) in [5.74, 6) is -7.25. The zero-order valence-electron chi connectivity index (χ0n) is 20.8. The Labute approximate surface area is 222 Å². The molecule has 5 rings (SSSR count). The number of amides is 1. The number of methoxy groups -OCH3 is 1. The molecule has 2 aromatic rings. The average Bonchev–Trinajstić information content (AvgIpc) is 2.89. The summed E-state index contributed by atoms with van der Waals surface area (Å²) in [7, 11) is 1.27. The first-order chi connectivity index (χ1) is 18.5. The number of carbonyl (C=O) groups is 4. The van der Waals surface area contributed by atoms with Gasteiger partial charge in [0.2, 0.25) is 5.78 Å². The predicted molar refractivity (Wildman–Crippen MR) is 138 cm³/mol. The van der Waals surface area contributed by atoms with Crippen LogP contribution in [0.25, 0.3) is 23.0 Å². The van der Waals surface area contributed by atoms with E-state index < -0.39 is 58.0 Å². The maximum absolute atomic E-state index is 13.6. The number of esters is 1. The van der Waals surface area contributed by atoms with E-state index in [1.165, 1.54) is 19.3 Å². The van der Waals surface area contributed by atoms with Gasteiger partial charge in [-0.05, 0) is 59.2 Å². The van der Waals surface area contributed by atoms with Gasteiger partial charge < -0.3 is 30.9 Å². The number of nitrogens with two attached hydrogens (primary N) is 1. The Morgan fingerprint density at radius 1 is 1.10 bits per heavy atom. The highest BCUT2D eigenvalue weighted by atomic mass is 16.5. The summed E-state index contributed by atoms with van der Waals surface area (Å²) in [4.78, 5) is 49.4. The number of Topliss-reactive ketones (excluding diaryl/α,β-unsaturated/α-hetero) is 2. The number of hydrogen-bond acceptors (Lipinski definition) is 9. The molecule has 0 bridgehead atoms. The molecule has 39 heavy (non-hydrogen) atoms. The summed E-state index contributed by atoms with van der Waals surface area (Å²) in [6.45, 7) is 0. The average molecular weight is 532 g/mol. The normalized spacial score (nSPS) is 24.4. The van der Waals surface area contributed by atoms with E-state index in [0.29, 0.717) is 22.3 Å². The van der Waals surface area contributed by atoms with Crippen LogP contribution in [0.5, 0.6) is 5.75 Å². The molecule has 10 nitrogen and oxygen atoms in total. The van der Waals surface area contributed by atoms with E-state index in [-0.39, 0.29) is 36.1 Å². The van der Waals surface area contributed by atoms with Gasteiger partial charge in [0.1, 0.15) is 22.8 Å². The van der Waals surface area contributed by atoms with Gasteiger partial charge in [-0.2, -0.15) is 0 Å². The van der Waals surface area contributed by atoms with E-state index >= 15 is 0 Å². The summed E-state index contributed by atoms with van der Waals surface area (Å²) >= 11 is 0. The molecule has 0 saturated heterocycles. The number of aliphatic hydroxyl groups excluding tert-OH is 2. The van der Waals surface area contributed by atoms with Crippen molar-refractivity contribution < 1.29 is 44.3 Å². The highest BCUT2D eigenvalue weighted by Crippen LogP contribution is 2.53. The fourth-order valence-electron chi connectivity index (χ4n) is 5.93. The zero-order chi connectivity index (χ0) is 28.2. The molecule has 0 aromatic heterocycles. The van der Waals surface area contributed by atoms with Gasteiger partial charge in [-0.25, -0.2) is 4.79 Å². The van der Waals surface area contributed by atoms with Gasteiger partial charge in [0.05, 0.1) is 12.7 Å². The van der Waals surface area contributed by atoms with Crippen LogP contribution < -0.4 is 5.73 Å². The molecular formula is C29H25NO9. The van der Waals surface area contributed by atoms with Gasteiger partial charge in [0, 0.05) is 24.0 Å². The van der Waals surface area contributed by atoms with E-state index in [9.17, 15) is 39.6 Å². The van der Waals surface area contributed by atoms with Crippen LogP contribution in [0.2, 0.25) is 0 Å². The Balaban J connectivity index is 1.64. The number of fused-ring (bicyclic) bond motifs is 3. The number of phenolic OH excluding ortho intramolecular Hbond substituents is 1. The molecule has 1 saturated carbocycles. The van der Waals surface area contributed by atoms with E-state index in [4.69, 9.17) is 5.73 Å². The standard InChI is InChI=1S/C29H25NO9/c1-39-21(33)8-5-13-3-2-4-14(9-13)17-6-7-19(31)23-18(17)11-15-10-16-12-20(32)24(28(30)37)27(36)29(16,38)26(35)22(15)25(23)34/h2-9,15-16,31,34,36,38H,10-12H2,1H3,(H2,30,37)/b8-5+. The van der Waals surface area contributed by atoms with Crippen molar-refractivity contribution in [2.45, 2.75) is 24.9 Å². The molecule has 6 N–H and O–H groups in total. The number of primary amides is 1. The molecule has 0 heterocycles. The Bertz CT molecular complexity index is 1560. The molecule has 3 aliphatic carbocycles. The molecule has 10 heteroatoms. The van der Waals surface area contributed by atoms with Crippen LogP contribution >= 0.6 is 0 Å². The largest absolute Gasteiger partial charge is 0.508 e. The Morgan fingerprint density at radius 3 is 2.54 bits per heavy atom. The predicted octanol–water partition coefficient (Wildman–Crippen LogP) is 2.28. The first-order valence-electron chi connectivity index (χ1n) is 12.2. The number of benzene rings is 2. The summed E-state index contributed by atoms with van der Waals surface area (Å²) in [6, 6.07) is 10.2. The lowest BCUT2D eigenvalue weighted by molar-refractivity contribution is -0.147. The SMILES string of the molecule is COC(=O)/C=C/c1cccc(-c2ccc(O)c3c2CC2CC4CC(=O)C(C(N)=O)=C(O)C4(O)C(=O)C2=C3O)c1. The number of aromatic hydroxyl groups is 1. The fourth-order valence-corrected chi connectivity index (χ4v) is 5.93. The van der Waals surface area contributed by atoms with Gasteiger partial charge >= 0.3 is 5.97 Å². The second-order valence-electron chi connectivity index (χ2n) is 9.87. The minimum atomic E-state index is -2.61.